The van der Waals surface area contributed by atoms with E-state index >= 15 is 0 Å². The molecule has 1 aromatic carbocycles. The molecule has 7 heteroatoms. The van der Waals surface area contributed by atoms with Gasteiger partial charge in [-0.05, 0) is 18.7 Å². The van der Waals surface area contributed by atoms with Gasteiger partial charge in [-0.25, -0.2) is 0 Å². The molecule has 0 spiro atoms. The van der Waals surface area contributed by atoms with Crippen LogP contribution in [-0.4, -0.2) is 34.0 Å². The number of nitrogens with one attached hydrogen (secondary N) is 1. The van der Waals surface area contributed by atoms with Gasteiger partial charge in [0.2, 0.25) is 5.75 Å². The number of phenols is 1. The number of amides is 1. The summed E-state index contributed by atoms with van der Waals surface area (Å²) < 4.78 is 0. The molecule has 0 bridgehead atoms. The molecule has 1 aromatic rings. The van der Waals surface area contributed by atoms with Gasteiger partial charge in [-0.3, -0.25) is 14.9 Å². The van der Waals surface area contributed by atoms with E-state index in [-0.39, 0.29) is 11.6 Å². The number of hydrogen-bond acceptors (Lipinski definition) is 5. The zero-order chi connectivity index (χ0) is 14.4. The fraction of sp³-hybridized carbons (Fsp3) is 0.417. The molecule has 6 nitrogen and oxygen atoms in total. The molecule has 1 unspecified atom stereocenters. The lowest BCUT2D eigenvalue weighted by molar-refractivity contribution is -0.385. The van der Waals surface area contributed by atoms with Crippen LogP contribution in [0.4, 0.5) is 5.69 Å². The third kappa shape index (κ3) is 3.85. The van der Waals surface area contributed by atoms with E-state index in [1.165, 1.54) is 12.1 Å². The number of nitro groups is 1. The number of hydrogen-bond donors (Lipinski definition) is 2. The lowest BCUT2D eigenvalue weighted by Crippen LogP contribution is -2.36. The summed E-state index contributed by atoms with van der Waals surface area (Å²) in [6.07, 6.45) is 2.68. The fourth-order valence-electron chi connectivity index (χ4n) is 1.59. The van der Waals surface area contributed by atoms with Gasteiger partial charge in [0.1, 0.15) is 0 Å². The average Bonchev–Trinajstić information content (AvgIpc) is 2.37. The SMILES string of the molecule is CCC(CSC)NC(=O)c1cccc([N+](=O)[O-])c1O. The number of thioether (sulfide) groups is 1. The molecule has 0 aromatic heterocycles. The Labute approximate surface area is 115 Å². The predicted octanol–water partition coefficient (Wildman–Crippen LogP) is 2.17. The second kappa shape index (κ2) is 6.98. The van der Waals surface area contributed by atoms with E-state index in [9.17, 15) is 20.0 Å². The van der Waals surface area contributed by atoms with E-state index in [2.05, 4.69) is 5.32 Å². The van der Waals surface area contributed by atoms with Crippen LogP contribution in [0.25, 0.3) is 0 Å². The number of rotatable bonds is 6. The Hall–Kier alpha value is -1.76. The molecule has 0 saturated heterocycles. The topological polar surface area (TPSA) is 92.5 Å². The summed E-state index contributed by atoms with van der Waals surface area (Å²) >= 11 is 1.60. The van der Waals surface area contributed by atoms with E-state index in [0.717, 1.165) is 18.2 Å². The molecule has 0 fully saturated rings. The molecular formula is C12H16N2O4S. The first-order valence-corrected chi connectivity index (χ1v) is 7.16. The Kier molecular flexibility index (Phi) is 5.62. The van der Waals surface area contributed by atoms with Crippen LogP contribution in [0.5, 0.6) is 5.75 Å². The Bertz CT molecular complexity index is 479. The lowest BCUT2D eigenvalue weighted by Gasteiger charge is -2.16. The minimum atomic E-state index is -0.717. The van der Waals surface area contributed by atoms with Crippen LogP contribution in [0.3, 0.4) is 0 Å². The molecule has 0 radical (unpaired) electrons. The van der Waals surface area contributed by atoms with E-state index in [1.54, 1.807) is 11.8 Å². The van der Waals surface area contributed by atoms with Gasteiger partial charge in [-0.1, -0.05) is 13.0 Å². The third-order valence-electron chi connectivity index (χ3n) is 2.65. The summed E-state index contributed by atoms with van der Waals surface area (Å²) in [7, 11) is 0. The Morgan fingerprint density at radius 3 is 2.79 bits per heavy atom. The number of carbonyl (C=O) groups excluding carboxylic acids is 1. The molecule has 1 rings (SSSR count). The van der Waals surface area contributed by atoms with Gasteiger partial charge in [0.05, 0.1) is 10.5 Å². The van der Waals surface area contributed by atoms with Crippen LogP contribution in [0.2, 0.25) is 0 Å². The third-order valence-corrected chi connectivity index (χ3v) is 3.39. The van der Waals surface area contributed by atoms with Crippen molar-refractivity contribution in [3.8, 4) is 5.75 Å². The van der Waals surface area contributed by atoms with Crippen molar-refractivity contribution < 1.29 is 14.8 Å². The van der Waals surface area contributed by atoms with E-state index in [4.69, 9.17) is 0 Å². The highest BCUT2D eigenvalue weighted by Gasteiger charge is 2.22. The molecule has 0 aliphatic rings. The molecule has 19 heavy (non-hydrogen) atoms. The summed E-state index contributed by atoms with van der Waals surface area (Å²) in [6, 6.07) is 3.87. The number of benzene rings is 1. The monoisotopic (exact) mass is 284 g/mol. The number of para-hydroxylation sites is 1. The maximum Gasteiger partial charge on any atom is 0.311 e. The van der Waals surface area contributed by atoms with Crippen molar-refractivity contribution in [1.29, 1.82) is 0 Å². The highest BCUT2D eigenvalue weighted by atomic mass is 32.2. The predicted molar refractivity (Wildman–Crippen MR) is 74.7 cm³/mol. The van der Waals surface area contributed by atoms with Gasteiger partial charge in [0.25, 0.3) is 5.91 Å². The number of nitrogens with zero attached hydrogens (tertiary/aromatic N) is 1. The Morgan fingerprint density at radius 2 is 2.26 bits per heavy atom. The van der Waals surface area contributed by atoms with Crippen molar-refractivity contribution in [2.75, 3.05) is 12.0 Å². The van der Waals surface area contributed by atoms with Crippen molar-refractivity contribution in [1.82, 2.24) is 5.32 Å². The highest BCUT2D eigenvalue weighted by molar-refractivity contribution is 7.98. The van der Waals surface area contributed by atoms with Gasteiger partial charge in [0.15, 0.2) is 0 Å². The molecule has 0 saturated carbocycles. The minimum absolute atomic E-state index is 0.0267. The van der Waals surface area contributed by atoms with Crippen LogP contribution in [0, 0.1) is 10.1 Å². The zero-order valence-electron chi connectivity index (χ0n) is 10.8. The van der Waals surface area contributed by atoms with E-state index in [0.29, 0.717) is 0 Å². The van der Waals surface area contributed by atoms with Gasteiger partial charge >= 0.3 is 5.69 Å². The second-order valence-electron chi connectivity index (χ2n) is 3.96. The normalized spacial score (nSPS) is 11.9. The van der Waals surface area contributed by atoms with Crippen LogP contribution in [-0.2, 0) is 0 Å². The number of aromatic hydroxyl groups is 1. The maximum absolute atomic E-state index is 12.0. The van der Waals surface area contributed by atoms with Crippen LogP contribution in [0.1, 0.15) is 23.7 Å². The second-order valence-corrected chi connectivity index (χ2v) is 4.88. The van der Waals surface area contributed by atoms with Crippen molar-refractivity contribution in [3.05, 3.63) is 33.9 Å². The summed E-state index contributed by atoms with van der Waals surface area (Å²) in [5, 5.41) is 23.2. The average molecular weight is 284 g/mol. The van der Waals surface area contributed by atoms with Gasteiger partial charge < -0.3 is 10.4 Å². The van der Waals surface area contributed by atoms with Gasteiger partial charge in [-0.15, -0.1) is 0 Å². The van der Waals surface area contributed by atoms with Crippen molar-refractivity contribution in [2.24, 2.45) is 0 Å². The molecule has 0 aliphatic heterocycles. The Balaban J connectivity index is 2.94. The lowest BCUT2D eigenvalue weighted by atomic mass is 10.1. The smallest absolute Gasteiger partial charge is 0.311 e. The summed E-state index contributed by atoms with van der Waals surface area (Å²) in [6.45, 7) is 1.94. The molecule has 1 atom stereocenters. The standard InChI is InChI=1S/C12H16N2O4S/c1-3-8(7-19-2)13-12(16)9-5-4-6-10(11(9)15)14(17)18/h4-6,8,15H,3,7H2,1-2H3,(H,13,16). The zero-order valence-corrected chi connectivity index (χ0v) is 11.6. The fourth-order valence-corrected chi connectivity index (χ4v) is 2.31. The highest BCUT2D eigenvalue weighted by Crippen LogP contribution is 2.29. The molecule has 0 aliphatic carbocycles. The van der Waals surface area contributed by atoms with Gasteiger partial charge in [-0.2, -0.15) is 11.8 Å². The first-order chi connectivity index (χ1) is 9.01. The number of nitro benzene ring substituents is 1. The quantitative estimate of drug-likeness (QED) is 0.617. The maximum atomic E-state index is 12.0. The first-order valence-electron chi connectivity index (χ1n) is 5.77. The van der Waals surface area contributed by atoms with Crippen molar-refractivity contribution in [3.63, 3.8) is 0 Å². The molecular weight excluding hydrogens is 268 g/mol. The van der Waals surface area contributed by atoms with Crippen LogP contribution in [0.15, 0.2) is 18.2 Å². The van der Waals surface area contributed by atoms with E-state index < -0.39 is 22.3 Å². The molecule has 1 amide bonds. The molecule has 2 N–H and O–H groups in total. The van der Waals surface area contributed by atoms with Crippen molar-refractivity contribution in [2.45, 2.75) is 19.4 Å². The summed E-state index contributed by atoms with van der Waals surface area (Å²) in [4.78, 5) is 22.0. The first kappa shape index (κ1) is 15.3. The van der Waals surface area contributed by atoms with Crippen molar-refractivity contribution >= 4 is 23.4 Å². The number of carbonyl (C=O) groups is 1. The Morgan fingerprint density at radius 1 is 1.58 bits per heavy atom. The van der Waals surface area contributed by atoms with E-state index in [1.807, 2.05) is 13.2 Å². The van der Waals surface area contributed by atoms with Crippen LogP contribution < -0.4 is 5.32 Å². The molecule has 104 valence electrons. The molecule has 0 heterocycles. The van der Waals surface area contributed by atoms with Gasteiger partial charge in [0, 0.05) is 17.9 Å². The summed E-state index contributed by atoms with van der Waals surface area (Å²) in [5.74, 6) is -0.344. The minimum Gasteiger partial charge on any atom is -0.502 e. The van der Waals surface area contributed by atoms with Crippen LogP contribution >= 0.6 is 11.8 Å². The summed E-state index contributed by atoms with van der Waals surface area (Å²) in [5.41, 5.74) is -0.542. The number of phenolic OH excluding ortho intramolecular Hbond substituents is 1. The largest absolute Gasteiger partial charge is 0.502 e.